The number of hydrogen-bond donors (Lipinski definition) is 0. The first-order chi connectivity index (χ1) is 8.27. The quantitative estimate of drug-likeness (QED) is 0.802. The van der Waals surface area contributed by atoms with E-state index in [-0.39, 0.29) is 5.78 Å². The number of hydrogen-bond acceptors (Lipinski definition) is 3. The van der Waals surface area contributed by atoms with Gasteiger partial charge in [-0.2, -0.15) is 0 Å². The fraction of sp³-hybridized carbons (Fsp3) is 0.571. The topological polar surface area (TPSA) is 39.2 Å². The number of ketones is 1. The highest BCUT2D eigenvalue weighted by molar-refractivity contribution is 5.89. The maximum atomic E-state index is 12.4. The lowest BCUT2D eigenvalue weighted by atomic mass is 9.80. The van der Waals surface area contributed by atoms with Gasteiger partial charge in [-0.05, 0) is 30.5 Å². The largest absolute Gasteiger partial charge is 0.370 e. The van der Waals surface area contributed by atoms with Gasteiger partial charge in [0.2, 0.25) is 0 Å². The van der Waals surface area contributed by atoms with Crippen LogP contribution in [0.15, 0.2) is 24.5 Å². The molecule has 92 valence electrons. The van der Waals surface area contributed by atoms with E-state index >= 15 is 0 Å². The molecule has 0 spiro atoms. The lowest BCUT2D eigenvalue weighted by Gasteiger charge is -2.34. The van der Waals surface area contributed by atoms with E-state index in [0.29, 0.717) is 6.42 Å². The predicted molar refractivity (Wildman–Crippen MR) is 65.8 cm³/mol. The van der Waals surface area contributed by atoms with Crippen molar-refractivity contribution in [2.75, 3.05) is 7.11 Å². The van der Waals surface area contributed by atoms with E-state index in [2.05, 4.69) is 4.98 Å². The molecule has 0 amide bonds. The van der Waals surface area contributed by atoms with E-state index in [1.807, 2.05) is 12.1 Å². The number of nitrogens with zero attached hydrogens (tertiary/aromatic N) is 1. The number of carbonyl (C=O) groups is 1. The molecule has 1 heterocycles. The first kappa shape index (κ1) is 12.2. The first-order valence-electron chi connectivity index (χ1n) is 6.24. The van der Waals surface area contributed by atoms with E-state index in [1.165, 1.54) is 6.42 Å². The van der Waals surface area contributed by atoms with E-state index in [4.69, 9.17) is 4.74 Å². The van der Waals surface area contributed by atoms with Crippen LogP contribution in [0.1, 0.15) is 37.7 Å². The summed E-state index contributed by atoms with van der Waals surface area (Å²) in [7, 11) is 1.66. The lowest BCUT2D eigenvalue weighted by molar-refractivity contribution is -0.144. The molecule has 3 heteroatoms. The molecular formula is C14H19NO2. The highest BCUT2D eigenvalue weighted by atomic mass is 16.5. The molecule has 1 aromatic rings. The molecule has 3 nitrogen and oxygen atoms in total. The van der Waals surface area contributed by atoms with Crippen LogP contribution in [0.25, 0.3) is 0 Å². The standard InChI is InChI=1S/C14H19NO2/c1-17-14(7-3-2-4-8-14)13(16)11-12-5-9-15-10-6-12/h5-6,9-10H,2-4,7-8,11H2,1H3. The van der Waals surface area contributed by atoms with Crippen LogP contribution in [-0.4, -0.2) is 23.5 Å². The maximum Gasteiger partial charge on any atom is 0.168 e. The third kappa shape index (κ3) is 2.72. The van der Waals surface area contributed by atoms with Crippen LogP contribution in [0, 0.1) is 0 Å². The van der Waals surface area contributed by atoms with Crippen molar-refractivity contribution >= 4 is 5.78 Å². The van der Waals surface area contributed by atoms with Crippen molar-refractivity contribution in [3.05, 3.63) is 30.1 Å². The molecule has 1 aliphatic carbocycles. The molecule has 0 aliphatic heterocycles. The van der Waals surface area contributed by atoms with Gasteiger partial charge in [0.05, 0.1) is 0 Å². The molecule has 1 fully saturated rings. The van der Waals surface area contributed by atoms with Crippen molar-refractivity contribution in [1.82, 2.24) is 4.98 Å². The van der Waals surface area contributed by atoms with E-state index in [9.17, 15) is 4.79 Å². The van der Waals surface area contributed by atoms with E-state index in [1.54, 1.807) is 19.5 Å². The van der Waals surface area contributed by atoms with Gasteiger partial charge in [-0.1, -0.05) is 19.3 Å². The number of rotatable bonds is 4. The molecular weight excluding hydrogens is 214 g/mol. The van der Waals surface area contributed by atoms with Gasteiger partial charge in [-0.15, -0.1) is 0 Å². The van der Waals surface area contributed by atoms with Crippen molar-refractivity contribution in [3.8, 4) is 0 Å². The highest BCUT2D eigenvalue weighted by Crippen LogP contribution is 2.32. The van der Waals surface area contributed by atoms with Gasteiger partial charge < -0.3 is 4.74 Å². The Labute approximate surface area is 102 Å². The van der Waals surface area contributed by atoms with Crippen LogP contribution in [-0.2, 0) is 16.0 Å². The Hall–Kier alpha value is -1.22. The summed E-state index contributed by atoms with van der Waals surface area (Å²) < 4.78 is 5.55. The Bertz CT molecular complexity index is 369. The predicted octanol–water partition coefficient (Wildman–Crippen LogP) is 2.54. The fourth-order valence-corrected chi connectivity index (χ4v) is 2.57. The Morgan fingerprint density at radius 3 is 2.53 bits per heavy atom. The van der Waals surface area contributed by atoms with Crippen molar-refractivity contribution in [2.45, 2.75) is 44.1 Å². The van der Waals surface area contributed by atoms with Crippen LogP contribution in [0.5, 0.6) is 0 Å². The SMILES string of the molecule is COC1(C(=O)Cc2ccncc2)CCCCC1. The molecule has 17 heavy (non-hydrogen) atoms. The summed E-state index contributed by atoms with van der Waals surface area (Å²) in [6.45, 7) is 0. The van der Waals surface area contributed by atoms with E-state index in [0.717, 1.165) is 31.2 Å². The van der Waals surface area contributed by atoms with Gasteiger partial charge >= 0.3 is 0 Å². The average molecular weight is 233 g/mol. The summed E-state index contributed by atoms with van der Waals surface area (Å²) in [4.78, 5) is 16.3. The molecule has 0 unspecified atom stereocenters. The van der Waals surface area contributed by atoms with Crippen LogP contribution in [0.4, 0.5) is 0 Å². The summed E-state index contributed by atoms with van der Waals surface area (Å²) in [5, 5.41) is 0. The molecule has 0 N–H and O–H groups in total. The second-order valence-corrected chi connectivity index (χ2v) is 4.71. The molecule has 0 radical (unpaired) electrons. The number of Topliss-reactive ketones (excluding diaryl/α,β-unsaturated/α-hetero) is 1. The van der Waals surface area contributed by atoms with Gasteiger partial charge in [0.15, 0.2) is 5.78 Å². The van der Waals surface area contributed by atoms with Crippen molar-refractivity contribution in [2.24, 2.45) is 0 Å². The van der Waals surface area contributed by atoms with Crippen LogP contribution >= 0.6 is 0 Å². The highest BCUT2D eigenvalue weighted by Gasteiger charge is 2.38. The summed E-state index contributed by atoms with van der Waals surface area (Å²) >= 11 is 0. The molecule has 0 atom stereocenters. The van der Waals surface area contributed by atoms with Gasteiger partial charge in [0, 0.05) is 25.9 Å². The van der Waals surface area contributed by atoms with E-state index < -0.39 is 5.60 Å². The zero-order valence-electron chi connectivity index (χ0n) is 10.3. The monoisotopic (exact) mass is 233 g/mol. The third-order valence-electron chi connectivity index (χ3n) is 3.67. The summed E-state index contributed by atoms with van der Waals surface area (Å²) in [5.41, 5.74) is 0.494. The second kappa shape index (κ2) is 5.41. The zero-order chi connectivity index (χ0) is 12.1. The fourth-order valence-electron chi connectivity index (χ4n) is 2.57. The summed E-state index contributed by atoms with van der Waals surface area (Å²) in [5.74, 6) is 0.214. The molecule has 1 aromatic heterocycles. The molecule has 0 aromatic carbocycles. The van der Waals surface area contributed by atoms with Crippen LogP contribution in [0.3, 0.4) is 0 Å². The van der Waals surface area contributed by atoms with Crippen molar-refractivity contribution in [1.29, 1.82) is 0 Å². The van der Waals surface area contributed by atoms with Crippen LogP contribution in [0.2, 0.25) is 0 Å². The van der Waals surface area contributed by atoms with Gasteiger partial charge in [-0.25, -0.2) is 0 Å². The van der Waals surface area contributed by atoms with Crippen molar-refractivity contribution < 1.29 is 9.53 Å². The molecule has 0 saturated heterocycles. The Morgan fingerprint density at radius 2 is 1.94 bits per heavy atom. The number of methoxy groups -OCH3 is 1. The molecule has 2 rings (SSSR count). The first-order valence-corrected chi connectivity index (χ1v) is 6.24. The molecule has 1 saturated carbocycles. The smallest absolute Gasteiger partial charge is 0.168 e. The minimum Gasteiger partial charge on any atom is -0.370 e. The van der Waals surface area contributed by atoms with Gasteiger partial charge in [0.1, 0.15) is 5.60 Å². The maximum absolute atomic E-state index is 12.4. The zero-order valence-corrected chi connectivity index (χ0v) is 10.3. The second-order valence-electron chi connectivity index (χ2n) is 4.71. The average Bonchev–Trinajstić information content (AvgIpc) is 2.40. The molecule has 1 aliphatic rings. The van der Waals surface area contributed by atoms with Crippen molar-refractivity contribution in [3.63, 3.8) is 0 Å². The Kier molecular flexibility index (Phi) is 3.89. The number of carbonyl (C=O) groups excluding carboxylic acids is 1. The summed E-state index contributed by atoms with van der Waals surface area (Å²) in [6, 6.07) is 3.79. The number of pyridine rings is 1. The third-order valence-corrected chi connectivity index (χ3v) is 3.67. The Balaban J connectivity index is 2.07. The van der Waals surface area contributed by atoms with Gasteiger partial charge in [-0.3, -0.25) is 9.78 Å². The minimum absolute atomic E-state index is 0.214. The van der Waals surface area contributed by atoms with Crippen LogP contribution < -0.4 is 0 Å². The molecule has 0 bridgehead atoms. The minimum atomic E-state index is -0.526. The lowest BCUT2D eigenvalue weighted by Crippen LogP contribution is -2.43. The normalized spacial score (nSPS) is 18.9. The number of aromatic nitrogens is 1. The number of ether oxygens (including phenoxy) is 1. The Morgan fingerprint density at radius 1 is 1.29 bits per heavy atom. The summed E-state index contributed by atoms with van der Waals surface area (Å²) in [6.07, 6.45) is 9.04. The van der Waals surface area contributed by atoms with Gasteiger partial charge in [0.25, 0.3) is 0 Å².